The summed E-state index contributed by atoms with van der Waals surface area (Å²) < 4.78 is 8.88. The van der Waals surface area contributed by atoms with Crippen molar-refractivity contribution in [3.63, 3.8) is 0 Å². The highest BCUT2D eigenvalue weighted by Gasteiger charge is 2.16. The highest BCUT2D eigenvalue weighted by atomic mass is 32.1. The summed E-state index contributed by atoms with van der Waals surface area (Å²) in [6.45, 7) is 0. The Balaban J connectivity index is 0.973. The van der Waals surface area contributed by atoms with Gasteiger partial charge >= 0.3 is 0 Å². The Kier molecular flexibility index (Phi) is 6.42. The third-order valence-corrected chi connectivity index (χ3v) is 11.5. The maximum absolute atomic E-state index is 6.24. The Hall–Kier alpha value is -6.62. The molecule has 0 saturated carbocycles. The van der Waals surface area contributed by atoms with Gasteiger partial charge in [-0.2, -0.15) is 0 Å². The van der Waals surface area contributed by atoms with E-state index in [4.69, 9.17) is 14.4 Å². The molecule has 0 saturated heterocycles. The van der Waals surface area contributed by atoms with Crippen molar-refractivity contribution in [3.8, 4) is 44.5 Å². The normalized spacial score (nSPS) is 11.8. The number of hydrogen-bond donors (Lipinski definition) is 0. The smallest absolute Gasteiger partial charge is 0.246 e. The van der Waals surface area contributed by atoms with E-state index >= 15 is 0 Å². The van der Waals surface area contributed by atoms with Gasteiger partial charge in [0.25, 0.3) is 0 Å². The minimum absolute atomic E-state index is 0.561. The predicted molar refractivity (Wildman–Crippen MR) is 219 cm³/mol. The molecule has 0 bridgehead atoms. The molecule has 0 spiro atoms. The summed E-state index contributed by atoms with van der Waals surface area (Å²) in [4.78, 5) is 9.96. The van der Waals surface area contributed by atoms with Crippen molar-refractivity contribution >= 4 is 75.5 Å². The number of thiophene rings is 1. The minimum atomic E-state index is 0.561. The molecule has 0 aliphatic rings. The van der Waals surface area contributed by atoms with Crippen LogP contribution in [0.15, 0.2) is 174 Å². The van der Waals surface area contributed by atoms with Crippen LogP contribution in [0.3, 0.4) is 0 Å². The van der Waals surface area contributed by atoms with Gasteiger partial charge in [-0.25, -0.2) is 9.97 Å². The maximum Gasteiger partial charge on any atom is 0.246 e. The fraction of sp³-hybridized carbons (Fsp3) is 0. The standard InChI is InChI=1S/C48H28N2OS/c1-2-10-29(11-3-1)37-18-8-20-39-40-21-9-19-38(47(40)52-46(37)39)36-17-7-16-32(25-36)30-14-6-15-31(24-30)35-22-23-42-43(27-35)50-48-45(49-42)41-26-33-12-4-5-13-34(33)28-44(41)51-48/h1-28H. The first kappa shape index (κ1) is 29.1. The van der Waals surface area contributed by atoms with Gasteiger partial charge < -0.3 is 4.42 Å². The summed E-state index contributed by atoms with van der Waals surface area (Å²) >= 11 is 1.89. The topological polar surface area (TPSA) is 38.9 Å². The number of aromatic nitrogens is 2. The molecule has 0 atom stereocenters. The van der Waals surface area contributed by atoms with Crippen LogP contribution < -0.4 is 0 Å². The molecule has 0 N–H and O–H groups in total. The summed E-state index contributed by atoms with van der Waals surface area (Å²) in [6, 6.07) is 60.6. The van der Waals surface area contributed by atoms with Crippen LogP contribution in [-0.4, -0.2) is 9.97 Å². The van der Waals surface area contributed by atoms with Gasteiger partial charge in [-0.05, 0) is 91.7 Å². The summed E-state index contributed by atoms with van der Waals surface area (Å²) in [5.41, 5.74) is 13.4. The molecule has 11 aromatic rings. The first-order valence-electron chi connectivity index (χ1n) is 17.5. The lowest BCUT2D eigenvalue weighted by atomic mass is 9.95. The van der Waals surface area contributed by atoms with Gasteiger partial charge in [-0.15, -0.1) is 11.3 Å². The molecular formula is C48H28N2OS. The molecule has 242 valence electrons. The number of benzene rings is 8. The van der Waals surface area contributed by atoms with Gasteiger partial charge in [0.05, 0.1) is 11.0 Å². The third kappa shape index (κ3) is 4.65. The van der Waals surface area contributed by atoms with Crippen LogP contribution in [0.5, 0.6) is 0 Å². The van der Waals surface area contributed by atoms with Crippen LogP contribution in [0.2, 0.25) is 0 Å². The fourth-order valence-electron chi connectivity index (χ4n) is 7.69. The van der Waals surface area contributed by atoms with Crippen molar-refractivity contribution in [1.29, 1.82) is 0 Å². The van der Waals surface area contributed by atoms with Gasteiger partial charge in [0, 0.05) is 25.6 Å². The van der Waals surface area contributed by atoms with E-state index in [9.17, 15) is 0 Å². The molecule has 0 amide bonds. The average Bonchev–Trinajstić information content (AvgIpc) is 3.76. The molecule has 0 aliphatic carbocycles. The van der Waals surface area contributed by atoms with Crippen LogP contribution in [0.1, 0.15) is 0 Å². The van der Waals surface area contributed by atoms with E-state index in [0.29, 0.717) is 5.71 Å². The van der Waals surface area contributed by atoms with E-state index in [-0.39, 0.29) is 0 Å². The molecule has 0 aliphatic heterocycles. The Morgan fingerprint density at radius 3 is 1.69 bits per heavy atom. The second-order valence-corrected chi connectivity index (χ2v) is 14.4. The molecule has 52 heavy (non-hydrogen) atoms. The molecule has 0 unspecified atom stereocenters. The number of rotatable bonds is 4. The van der Waals surface area contributed by atoms with Crippen molar-refractivity contribution in [2.24, 2.45) is 0 Å². The Labute approximate surface area is 303 Å². The number of nitrogens with zero attached hydrogens (tertiary/aromatic N) is 2. The van der Waals surface area contributed by atoms with Crippen molar-refractivity contribution in [1.82, 2.24) is 9.97 Å². The first-order chi connectivity index (χ1) is 25.7. The van der Waals surface area contributed by atoms with Gasteiger partial charge in [0.2, 0.25) is 5.71 Å². The van der Waals surface area contributed by atoms with Crippen LogP contribution in [0, 0.1) is 0 Å². The molecule has 0 radical (unpaired) electrons. The van der Waals surface area contributed by atoms with E-state index < -0.39 is 0 Å². The van der Waals surface area contributed by atoms with E-state index in [1.165, 1.54) is 53.6 Å². The Bertz CT molecular complexity index is 3190. The van der Waals surface area contributed by atoms with Crippen molar-refractivity contribution < 1.29 is 4.42 Å². The summed E-state index contributed by atoms with van der Waals surface area (Å²) in [7, 11) is 0. The highest BCUT2D eigenvalue weighted by molar-refractivity contribution is 7.26. The van der Waals surface area contributed by atoms with Crippen LogP contribution >= 0.6 is 11.3 Å². The van der Waals surface area contributed by atoms with Gasteiger partial charge in [0.1, 0.15) is 11.1 Å². The molecule has 8 aromatic carbocycles. The summed E-state index contributed by atoms with van der Waals surface area (Å²) in [5.74, 6) is 0. The minimum Gasteiger partial charge on any atom is -0.436 e. The van der Waals surface area contributed by atoms with Crippen molar-refractivity contribution in [3.05, 3.63) is 170 Å². The second-order valence-electron chi connectivity index (χ2n) is 13.4. The average molecular weight is 681 g/mol. The number of furan rings is 1. The molecule has 3 aromatic heterocycles. The monoisotopic (exact) mass is 680 g/mol. The zero-order valence-corrected chi connectivity index (χ0v) is 28.7. The summed E-state index contributed by atoms with van der Waals surface area (Å²) in [6.07, 6.45) is 0. The van der Waals surface area contributed by atoms with Crippen LogP contribution in [-0.2, 0) is 0 Å². The van der Waals surface area contributed by atoms with Gasteiger partial charge in [-0.3, -0.25) is 0 Å². The van der Waals surface area contributed by atoms with Crippen LogP contribution in [0.25, 0.3) is 109 Å². The molecule has 3 nitrogen and oxygen atoms in total. The molecule has 3 heterocycles. The zero-order chi connectivity index (χ0) is 34.2. The first-order valence-corrected chi connectivity index (χ1v) is 18.3. The lowest BCUT2D eigenvalue weighted by molar-refractivity contribution is 0.655. The van der Waals surface area contributed by atoms with Crippen molar-refractivity contribution in [2.45, 2.75) is 0 Å². The fourth-order valence-corrected chi connectivity index (χ4v) is 9.07. The van der Waals surface area contributed by atoms with Gasteiger partial charge in [-0.1, -0.05) is 133 Å². The van der Waals surface area contributed by atoms with Crippen molar-refractivity contribution in [2.75, 3.05) is 0 Å². The highest BCUT2D eigenvalue weighted by Crippen LogP contribution is 2.44. The largest absolute Gasteiger partial charge is 0.436 e. The third-order valence-electron chi connectivity index (χ3n) is 10.3. The molecule has 11 rings (SSSR count). The summed E-state index contributed by atoms with van der Waals surface area (Å²) in [5, 5.41) is 5.90. The lowest BCUT2D eigenvalue weighted by Gasteiger charge is -2.10. The van der Waals surface area contributed by atoms with E-state index in [1.807, 2.05) is 17.4 Å². The maximum atomic E-state index is 6.24. The molecule has 4 heteroatoms. The quantitative estimate of drug-likeness (QED) is 0.186. The zero-order valence-electron chi connectivity index (χ0n) is 27.9. The molecular weight excluding hydrogens is 653 g/mol. The molecule has 0 fully saturated rings. The predicted octanol–water partition coefficient (Wildman–Crippen LogP) is 13.7. The number of hydrogen-bond acceptors (Lipinski definition) is 4. The lowest BCUT2D eigenvalue weighted by Crippen LogP contribution is -1.87. The second kappa shape index (κ2) is 11.5. The Morgan fingerprint density at radius 1 is 0.385 bits per heavy atom. The van der Waals surface area contributed by atoms with Crippen LogP contribution in [0.4, 0.5) is 0 Å². The van der Waals surface area contributed by atoms with E-state index in [0.717, 1.165) is 49.4 Å². The number of fused-ring (bicyclic) bond motifs is 8. The van der Waals surface area contributed by atoms with Gasteiger partial charge in [0.15, 0.2) is 0 Å². The van der Waals surface area contributed by atoms with E-state index in [2.05, 4.69) is 164 Å². The Morgan fingerprint density at radius 2 is 0.962 bits per heavy atom. The SMILES string of the molecule is c1ccc(-c2cccc3c2sc2c(-c4cccc(-c5cccc(-c6ccc7nc8c(nc7c6)oc6cc7ccccc7cc68)c5)c4)cccc23)cc1. The van der Waals surface area contributed by atoms with E-state index in [1.54, 1.807) is 0 Å².